The van der Waals surface area contributed by atoms with E-state index in [9.17, 15) is 0 Å². The van der Waals surface area contributed by atoms with Gasteiger partial charge in [-0.1, -0.05) is 33.6 Å². The van der Waals surface area contributed by atoms with Crippen LogP contribution in [0, 0.1) is 11.8 Å². The van der Waals surface area contributed by atoms with Gasteiger partial charge in [0.25, 0.3) is 0 Å². The third kappa shape index (κ3) is 4.56. The monoisotopic (exact) mass is 354 g/mol. The molecule has 0 saturated heterocycles. The first-order valence-corrected chi connectivity index (χ1v) is 8.94. The molecule has 4 nitrogen and oxygen atoms in total. The average Bonchev–Trinajstić information content (AvgIpc) is 2.48. The van der Waals surface area contributed by atoms with Crippen molar-refractivity contribution in [3.63, 3.8) is 0 Å². The van der Waals surface area contributed by atoms with Crippen molar-refractivity contribution < 1.29 is 0 Å². The Kier molecular flexibility index (Phi) is 6.27. The number of nitrogens with one attached hydrogen (secondary N) is 2. The van der Waals surface area contributed by atoms with E-state index in [0.717, 1.165) is 29.2 Å². The van der Waals surface area contributed by atoms with Crippen molar-refractivity contribution >= 4 is 27.7 Å². The van der Waals surface area contributed by atoms with Crippen LogP contribution in [0.25, 0.3) is 0 Å². The summed E-state index contributed by atoms with van der Waals surface area (Å²) in [4.78, 5) is 8.93. The number of aromatic nitrogens is 2. The highest BCUT2D eigenvalue weighted by atomic mass is 79.9. The van der Waals surface area contributed by atoms with E-state index in [4.69, 9.17) is 0 Å². The first-order chi connectivity index (χ1) is 10.1. The summed E-state index contributed by atoms with van der Waals surface area (Å²) in [5.41, 5.74) is 0. The fraction of sp³-hybridized carbons (Fsp3) is 0.750. The highest BCUT2D eigenvalue weighted by Crippen LogP contribution is 2.33. The Labute approximate surface area is 136 Å². The Morgan fingerprint density at radius 1 is 1.33 bits per heavy atom. The maximum absolute atomic E-state index is 4.62. The molecule has 0 aliphatic heterocycles. The molecule has 0 bridgehead atoms. The summed E-state index contributed by atoms with van der Waals surface area (Å²) < 4.78 is 0.942. The van der Waals surface area contributed by atoms with Gasteiger partial charge in [-0.3, -0.25) is 0 Å². The topological polar surface area (TPSA) is 49.8 Å². The lowest BCUT2D eigenvalue weighted by atomic mass is 9.78. The molecule has 1 saturated carbocycles. The van der Waals surface area contributed by atoms with Crippen LogP contribution in [0.4, 0.5) is 11.8 Å². The fourth-order valence-corrected chi connectivity index (χ4v) is 3.41. The van der Waals surface area contributed by atoms with Gasteiger partial charge in [0.1, 0.15) is 5.82 Å². The predicted molar refractivity (Wildman–Crippen MR) is 92.7 cm³/mol. The molecule has 2 unspecified atom stereocenters. The molecule has 1 aliphatic carbocycles. The zero-order valence-electron chi connectivity index (χ0n) is 13.3. The number of halogens is 1. The minimum Gasteiger partial charge on any atom is -0.366 e. The largest absolute Gasteiger partial charge is 0.366 e. The molecule has 1 aliphatic rings. The van der Waals surface area contributed by atoms with Crippen LogP contribution in [0.2, 0.25) is 0 Å². The minimum absolute atomic E-state index is 0.518. The summed E-state index contributed by atoms with van der Waals surface area (Å²) in [6.45, 7) is 7.70. The quantitative estimate of drug-likeness (QED) is 0.777. The molecule has 1 heterocycles. The van der Waals surface area contributed by atoms with E-state index in [1.165, 1.54) is 25.7 Å². The lowest BCUT2D eigenvalue weighted by Crippen LogP contribution is -2.35. The predicted octanol–water partition coefficient (Wildman–Crippen LogP) is 4.69. The van der Waals surface area contributed by atoms with E-state index in [2.05, 4.69) is 57.3 Å². The molecular formula is C16H27BrN4. The van der Waals surface area contributed by atoms with Gasteiger partial charge < -0.3 is 10.6 Å². The van der Waals surface area contributed by atoms with Crippen molar-refractivity contribution in [2.24, 2.45) is 11.8 Å². The molecule has 2 N–H and O–H groups in total. The zero-order chi connectivity index (χ0) is 15.2. The highest BCUT2D eigenvalue weighted by Gasteiger charge is 2.28. The van der Waals surface area contributed by atoms with Gasteiger partial charge in [0.2, 0.25) is 5.95 Å². The first-order valence-electron chi connectivity index (χ1n) is 8.14. The van der Waals surface area contributed by atoms with Gasteiger partial charge in [0.15, 0.2) is 0 Å². The molecule has 1 fully saturated rings. The van der Waals surface area contributed by atoms with Crippen LogP contribution in [0.5, 0.6) is 0 Å². The average molecular weight is 355 g/mol. The molecule has 0 radical (unpaired) electrons. The molecule has 5 heteroatoms. The van der Waals surface area contributed by atoms with Crippen LogP contribution in [0.1, 0.15) is 52.9 Å². The minimum atomic E-state index is 0.518. The van der Waals surface area contributed by atoms with Crippen LogP contribution < -0.4 is 10.6 Å². The van der Waals surface area contributed by atoms with E-state index >= 15 is 0 Å². The molecular weight excluding hydrogens is 328 g/mol. The Bertz CT molecular complexity index is 450. The summed E-state index contributed by atoms with van der Waals surface area (Å²) in [5, 5.41) is 6.91. The van der Waals surface area contributed by atoms with Gasteiger partial charge in [0, 0.05) is 18.8 Å². The van der Waals surface area contributed by atoms with Crippen LogP contribution >= 0.6 is 15.9 Å². The maximum Gasteiger partial charge on any atom is 0.224 e. The van der Waals surface area contributed by atoms with E-state index in [-0.39, 0.29) is 0 Å². The molecule has 0 spiro atoms. The van der Waals surface area contributed by atoms with Gasteiger partial charge in [-0.25, -0.2) is 4.98 Å². The van der Waals surface area contributed by atoms with E-state index in [1.807, 2.05) is 6.20 Å². The number of nitrogens with zero attached hydrogens (tertiary/aromatic N) is 2. The number of hydrogen-bond acceptors (Lipinski definition) is 4. The van der Waals surface area contributed by atoms with Crippen molar-refractivity contribution in [3.05, 3.63) is 10.7 Å². The van der Waals surface area contributed by atoms with Gasteiger partial charge in [0.05, 0.1) is 4.47 Å². The summed E-state index contributed by atoms with van der Waals surface area (Å²) in [5.74, 6) is 3.06. The van der Waals surface area contributed by atoms with Crippen LogP contribution in [0.3, 0.4) is 0 Å². The lowest BCUT2D eigenvalue weighted by molar-refractivity contribution is 0.253. The molecule has 0 aromatic carbocycles. The standard InChI is InChI=1S/C16H27BrN4/c1-4-9-18-16-19-10-13(17)15(21-16)20-14-8-6-5-7-12(14)11(2)3/h10-12,14H,4-9H2,1-3H3,(H2,18,19,20,21). The Balaban J connectivity index is 2.09. The van der Waals surface area contributed by atoms with Crippen LogP contribution in [-0.4, -0.2) is 22.6 Å². The second kappa shape index (κ2) is 7.97. The lowest BCUT2D eigenvalue weighted by Gasteiger charge is -2.35. The van der Waals surface area contributed by atoms with Crippen molar-refractivity contribution in [3.8, 4) is 0 Å². The second-order valence-corrected chi connectivity index (χ2v) is 7.11. The van der Waals surface area contributed by atoms with Gasteiger partial charge in [-0.15, -0.1) is 0 Å². The molecule has 2 rings (SSSR count). The summed E-state index contributed by atoms with van der Waals surface area (Å²) in [6, 6.07) is 0.518. The molecule has 0 amide bonds. The van der Waals surface area contributed by atoms with Crippen LogP contribution in [0.15, 0.2) is 10.7 Å². The van der Waals surface area contributed by atoms with Gasteiger partial charge >= 0.3 is 0 Å². The Morgan fingerprint density at radius 2 is 2.10 bits per heavy atom. The van der Waals surface area contributed by atoms with Gasteiger partial charge in [-0.05, 0) is 47.0 Å². The molecule has 1 aromatic rings. The van der Waals surface area contributed by atoms with E-state index < -0.39 is 0 Å². The maximum atomic E-state index is 4.62. The third-order valence-corrected chi connectivity index (χ3v) is 4.86. The van der Waals surface area contributed by atoms with Crippen molar-refractivity contribution in [2.45, 2.75) is 58.9 Å². The van der Waals surface area contributed by atoms with Crippen molar-refractivity contribution in [1.29, 1.82) is 0 Å². The molecule has 21 heavy (non-hydrogen) atoms. The Morgan fingerprint density at radius 3 is 2.81 bits per heavy atom. The molecule has 2 atom stereocenters. The first kappa shape index (κ1) is 16.5. The number of rotatable bonds is 6. The number of anilines is 2. The summed E-state index contributed by atoms with van der Waals surface area (Å²) in [7, 11) is 0. The van der Waals surface area contributed by atoms with Gasteiger partial charge in [-0.2, -0.15) is 4.98 Å². The Hall–Kier alpha value is -0.840. The fourth-order valence-electron chi connectivity index (χ4n) is 3.10. The molecule has 118 valence electrons. The smallest absolute Gasteiger partial charge is 0.224 e. The second-order valence-electron chi connectivity index (χ2n) is 6.26. The third-order valence-electron chi connectivity index (χ3n) is 4.28. The highest BCUT2D eigenvalue weighted by molar-refractivity contribution is 9.10. The van der Waals surface area contributed by atoms with E-state index in [1.54, 1.807) is 0 Å². The van der Waals surface area contributed by atoms with E-state index in [0.29, 0.717) is 17.9 Å². The number of hydrogen-bond donors (Lipinski definition) is 2. The summed E-state index contributed by atoms with van der Waals surface area (Å²) in [6.07, 6.45) is 8.12. The summed E-state index contributed by atoms with van der Waals surface area (Å²) >= 11 is 3.57. The zero-order valence-corrected chi connectivity index (χ0v) is 14.9. The normalized spacial score (nSPS) is 22.3. The molecule has 1 aromatic heterocycles. The van der Waals surface area contributed by atoms with Crippen LogP contribution in [-0.2, 0) is 0 Å². The van der Waals surface area contributed by atoms with Crippen molar-refractivity contribution in [1.82, 2.24) is 9.97 Å². The van der Waals surface area contributed by atoms with Crippen molar-refractivity contribution in [2.75, 3.05) is 17.2 Å². The SMILES string of the molecule is CCCNc1ncc(Br)c(NC2CCCCC2C(C)C)n1.